The van der Waals surface area contributed by atoms with Crippen molar-refractivity contribution in [3.8, 4) is 0 Å². The van der Waals surface area contributed by atoms with E-state index in [1.165, 1.54) is 22.6 Å². The third-order valence-corrected chi connectivity index (χ3v) is 5.13. The summed E-state index contributed by atoms with van der Waals surface area (Å²) in [5.41, 5.74) is 7.45. The highest BCUT2D eigenvalue weighted by molar-refractivity contribution is 7.10. The zero-order valence-electron chi connectivity index (χ0n) is 11.4. The van der Waals surface area contributed by atoms with Gasteiger partial charge >= 0.3 is 6.18 Å². The van der Waals surface area contributed by atoms with Crippen molar-refractivity contribution in [2.24, 2.45) is 5.73 Å². The molecule has 2 unspecified atom stereocenters. The summed E-state index contributed by atoms with van der Waals surface area (Å²) in [7, 11) is 0. The summed E-state index contributed by atoms with van der Waals surface area (Å²) in [4.78, 5) is 1.33. The standard InChI is InChI=1S/C16H16F3NS/c17-16(18,19)11-4-1-3-10(9-11)15(20)13-5-2-6-14-12(13)7-8-21-14/h1,3-4,7-9,13,15H,2,5-6,20H2. The van der Waals surface area contributed by atoms with Crippen LogP contribution in [0.1, 0.15) is 46.4 Å². The highest BCUT2D eigenvalue weighted by atomic mass is 32.1. The molecule has 5 heteroatoms. The minimum Gasteiger partial charge on any atom is -0.323 e. The number of thiophene rings is 1. The van der Waals surface area contributed by atoms with Crippen LogP contribution >= 0.6 is 11.3 Å². The van der Waals surface area contributed by atoms with E-state index in [4.69, 9.17) is 5.73 Å². The lowest BCUT2D eigenvalue weighted by atomic mass is 9.80. The molecule has 0 bridgehead atoms. The molecule has 0 fully saturated rings. The van der Waals surface area contributed by atoms with Crippen molar-refractivity contribution in [1.82, 2.24) is 0 Å². The largest absolute Gasteiger partial charge is 0.416 e. The first-order chi connectivity index (χ1) is 9.97. The van der Waals surface area contributed by atoms with Gasteiger partial charge in [0.15, 0.2) is 0 Å². The maximum absolute atomic E-state index is 12.8. The third-order valence-electron chi connectivity index (χ3n) is 4.13. The molecular formula is C16H16F3NS. The van der Waals surface area contributed by atoms with Crippen molar-refractivity contribution in [2.45, 2.75) is 37.4 Å². The lowest BCUT2D eigenvalue weighted by Crippen LogP contribution is -2.23. The van der Waals surface area contributed by atoms with E-state index in [9.17, 15) is 13.2 Å². The third kappa shape index (κ3) is 2.85. The van der Waals surface area contributed by atoms with Crippen molar-refractivity contribution in [1.29, 1.82) is 0 Å². The Labute approximate surface area is 125 Å². The zero-order valence-corrected chi connectivity index (χ0v) is 12.2. The predicted molar refractivity (Wildman–Crippen MR) is 78.4 cm³/mol. The van der Waals surface area contributed by atoms with Crippen LogP contribution in [0.15, 0.2) is 35.7 Å². The van der Waals surface area contributed by atoms with Gasteiger partial charge in [0.05, 0.1) is 5.56 Å². The smallest absolute Gasteiger partial charge is 0.323 e. The predicted octanol–water partition coefficient (Wildman–Crippen LogP) is 4.89. The van der Waals surface area contributed by atoms with Gasteiger partial charge in [0.2, 0.25) is 0 Å². The number of fused-ring (bicyclic) bond motifs is 1. The first kappa shape index (κ1) is 14.6. The molecule has 0 saturated heterocycles. The molecule has 0 saturated carbocycles. The number of alkyl halides is 3. The van der Waals surface area contributed by atoms with Crippen molar-refractivity contribution < 1.29 is 13.2 Å². The van der Waals surface area contributed by atoms with E-state index in [1.54, 1.807) is 17.4 Å². The lowest BCUT2D eigenvalue weighted by molar-refractivity contribution is -0.137. The van der Waals surface area contributed by atoms with Gasteiger partial charge in [-0.15, -0.1) is 11.3 Å². The minimum atomic E-state index is -4.32. The Bertz CT molecular complexity index is 632. The van der Waals surface area contributed by atoms with E-state index < -0.39 is 11.7 Å². The van der Waals surface area contributed by atoms with Gasteiger partial charge in [-0.2, -0.15) is 13.2 Å². The summed E-state index contributed by atoms with van der Waals surface area (Å²) in [5, 5.41) is 2.04. The Balaban J connectivity index is 1.92. The maximum Gasteiger partial charge on any atom is 0.416 e. The minimum absolute atomic E-state index is 0.114. The molecule has 0 amide bonds. The normalized spacial score (nSPS) is 20.1. The first-order valence-electron chi connectivity index (χ1n) is 6.96. The van der Waals surface area contributed by atoms with E-state index in [-0.39, 0.29) is 12.0 Å². The van der Waals surface area contributed by atoms with E-state index in [1.807, 2.05) is 5.38 Å². The van der Waals surface area contributed by atoms with Crippen LogP contribution in [-0.2, 0) is 12.6 Å². The molecule has 2 aromatic rings. The Morgan fingerprint density at radius 1 is 1.24 bits per heavy atom. The summed E-state index contributed by atoms with van der Waals surface area (Å²) in [6.45, 7) is 0. The van der Waals surface area contributed by atoms with Gasteiger partial charge in [-0.1, -0.05) is 12.1 Å². The van der Waals surface area contributed by atoms with Crippen LogP contribution in [0, 0.1) is 0 Å². The average Bonchev–Trinajstić information content (AvgIpc) is 2.94. The summed E-state index contributed by atoms with van der Waals surface area (Å²) >= 11 is 1.71. The summed E-state index contributed by atoms with van der Waals surface area (Å²) in [6, 6.07) is 7.09. The van der Waals surface area contributed by atoms with Crippen LogP contribution in [0.2, 0.25) is 0 Å². The fraction of sp³-hybridized carbons (Fsp3) is 0.375. The van der Waals surface area contributed by atoms with Gasteiger partial charge < -0.3 is 5.73 Å². The van der Waals surface area contributed by atoms with Crippen LogP contribution in [-0.4, -0.2) is 0 Å². The van der Waals surface area contributed by atoms with E-state index in [0.717, 1.165) is 25.3 Å². The lowest BCUT2D eigenvalue weighted by Gasteiger charge is -2.28. The molecule has 0 radical (unpaired) electrons. The number of nitrogens with two attached hydrogens (primary N) is 1. The number of aryl methyl sites for hydroxylation is 1. The van der Waals surface area contributed by atoms with Crippen molar-refractivity contribution in [3.63, 3.8) is 0 Å². The first-order valence-corrected chi connectivity index (χ1v) is 7.84. The van der Waals surface area contributed by atoms with Gasteiger partial charge in [-0.25, -0.2) is 0 Å². The molecule has 1 nitrogen and oxygen atoms in total. The van der Waals surface area contributed by atoms with Crippen molar-refractivity contribution in [3.05, 3.63) is 57.3 Å². The Hall–Kier alpha value is -1.33. The van der Waals surface area contributed by atoms with Crippen LogP contribution in [0.3, 0.4) is 0 Å². The number of benzene rings is 1. The molecule has 2 N–H and O–H groups in total. The molecule has 0 spiro atoms. The maximum atomic E-state index is 12.8. The SMILES string of the molecule is NC(c1cccc(C(F)(F)F)c1)C1CCCc2sccc21. The second-order valence-corrected chi connectivity index (χ2v) is 6.45. The molecule has 1 aliphatic rings. The molecule has 1 aliphatic carbocycles. The average molecular weight is 311 g/mol. The molecule has 1 aromatic carbocycles. The molecule has 1 heterocycles. The highest BCUT2D eigenvalue weighted by Crippen LogP contribution is 2.42. The highest BCUT2D eigenvalue weighted by Gasteiger charge is 2.32. The second-order valence-electron chi connectivity index (χ2n) is 5.45. The summed E-state index contributed by atoms with van der Waals surface area (Å²) < 4.78 is 38.5. The number of halogens is 3. The van der Waals surface area contributed by atoms with E-state index >= 15 is 0 Å². The summed E-state index contributed by atoms with van der Waals surface area (Å²) in [5.74, 6) is 0.114. The van der Waals surface area contributed by atoms with Gasteiger partial charge in [0.1, 0.15) is 0 Å². The molecule has 3 rings (SSSR count). The summed E-state index contributed by atoms with van der Waals surface area (Å²) in [6.07, 6.45) is -1.29. The number of hydrogen-bond donors (Lipinski definition) is 1. The number of rotatable bonds is 2. The Morgan fingerprint density at radius 2 is 2.05 bits per heavy atom. The topological polar surface area (TPSA) is 26.0 Å². The van der Waals surface area contributed by atoms with Gasteiger partial charge in [0.25, 0.3) is 0 Å². The Kier molecular flexibility index (Phi) is 3.80. The zero-order chi connectivity index (χ0) is 15.0. The van der Waals surface area contributed by atoms with E-state index in [0.29, 0.717) is 5.56 Å². The van der Waals surface area contributed by atoms with Gasteiger partial charge in [0, 0.05) is 16.8 Å². The van der Waals surface area contributed by atoms with Crippen LogP contribution in [0.25, 0.3) is 0 Å². The van der Waals surface area contributed by atoms with Gasteiger partial charge in [-0.05, 0) is 54.0 Å². The second kappa shape index (κ2) is 5.46. The Morgan fingerprint density at radius 3 is 2.81 bits per heavy atom. The van der Waals surface area contributed by atoms with E-state index in [2.05, 4.69) is 6.07 Å². The van der Waals surface area contributed by atoms with Gasteiger partial charge in [-0.3, -0.25) is 0 Å². The molecular weight excluding hydrogens is 295 g/mol. The fourth-order valence-electron chi connectivity index (χ4n) is 3.05. The molecule has 21 heavy (non-hydrogen) atoms. The molecule has 112 valence electrons. The quantitative estimate of drug-likeness (QED) is 0.840. The monoisotopic (exact) mass is 311 g/mol. The molecule has 1 aromatic heterocycles. The molecule has 0 aliphatic heterocycles. The van der Waals surface area contributed by atoms with Crippen LogP contribution in [0.4, 0.5) is 13.2 Å². The number of hydrogen-bond acceptors (Lipinski definition) is 2. The van der Waals surface area contributed by atoms with Crippen LogP contribution < -0.4 is 5.73 Å². The molecule has 2 atom stereocenters. The fourth-order valence-corrected chi connectivity index (χ4v) is 4.05. The van der Waals surface area contributed by atoms with Crippen LogP contribution in [0.5, 0.6) is 0 Å². The van der Waals surface area contributed by atoms with Crippen molar-refractivity contribution in [2.75, 3.05) is 0 Å². The van der Waals surface area contributed by atoms with Crippen molar-refractivity contribution >= 4 is 11.3 Å².